The monoisotopic (exact) mass is 430 g/mol. The van der Waals surface area contributed by atoms with E-state index in [0.717, 1.165) is 18.4 Å². The molecule has 1 aliphatic carbocycles. The Balaban J connectivity index is 1.92. The van der Waals surface area contributed by atoms with Gasteiger partial charge in [-0.15, -0.1) is 11.3 Å². The molecule has 1 aromatic heterocycles. The first-order chi connectivity index (χ1) is 14.5. The summed E-state index contributed by atoms with van der Waals surface area (Å²) in [5.74, 6) is -2.95. The number of aliphatic carboxylic acids is 1. The number of carboxylic acids is 1. The number of carbonyl (C=O) groups excluding carboxylic acids is 3. The Bertz CT molecular complexity index is 920. The number of thiophene rings is 1. The number of anilines is 1. The van der Waals surface area contributed by atoms with Crippen LogP contribution >= 0.6 is 11.3 Å². The lowest BCUT2D eigenvalue weighted by molar-refractivity contribution is -0.313. The van der Waals surface area contributed by atoms with Crippen molar-refractivity contribution in [3.8, 4) is 16.9 Å². The maximum atomic E-state index is 12.9. The molecule has 3 rings (SSSR count). The van der Waals surface area contributed by atoms with Gasteiger partial charge in [0.05, 0.1) is 13.7 Å². The van der Waals surface area contributed by atoms with Crippen molar-refractivity contribution in [2.24, 2.45) is 11.8 Å². The molecule has 0 unspecified atom stereocenters. The van der Waals surface area contributed by atoms with Crippen LogP contribution in [0.25, 0.3) is 11.1 Å². The van der Waals surface area contributed by atoms with Gasteiger partial charge in [0.1, 0.15) is 16.3 Å². The first-order valence-electron chi connectivity index (χ1n) is 9.91. The molecule has 0 bridgehead atoms. The highest BCUT2D eigenvalue weighted by Crippen LogP contribution is 2.38. The van der Waals surface area contributed by atoms with Crippen molar-refractivity contribution in [3.63, 3.8) is 0 Å². The highest BCUT2D eigenvalue weighted by atomic mass is 32.1. The normalized spacial score (nSPS) is 18.5. The van der Waals surface area contributed by atoms with E-state index >= 15 is 0 Å². The Morgan fingerprint density at radius 2 is 1.80 bits per heavy atom. The summed E-state index contributed by atoms with van der Waals surface area (Å²) in [5.41, 5.74) is 1.68. The van der Waals surface area contributed by atoms with Crippen LogP contribution < -0.4 is 15.2 Å². The fourth-order valence-corrected chi connectivity index (χ4v) is 4.73. The minimum Gasteiger partial charge on any atom is -0.550 e. The summed E-state index contributed by atoms with van der Waals surface area (Å²) < 4.78 is 10.4. The number of hydrogen-bond donors (Lipinski definition) is 1. The van der Waals surface area contributed by atoms with Crippen LogP contribution in [0.5, 0.6) is 5.75 Å². The van der Waals surface area contributed by atoms with Gasteiger partial charge >= 0.3 is 5.97 Å². The average Bonchev–Trinajstić information content (AvgIpc) is 3.17. The van der Waals surface area contributed by atoms with Gasteiger partial charge < -0.3 is 24.7 Å². The lowest BCUT2D eigenvalue weighted by Crippen LogP contribution is -2.42. The van der Waals surface area contributed by atoms with Crippen LogP contribution in [0.2, 0.25) is 0 Å². The third-order valence-electron chi connectivity index (χ3n) is 5.31. The smallest absolute Gasteiger partial charge is 0.341 e. The Hall–Kier alpha value is -2.87. The van der Waals surface area contributed by atoms with Crippen LogP contribution in [0, 0.1) is 11.8 Å². The minimum absolute atomic E-state index is 0.194. The summed E-state index contributed by atoms with van der Waals surface area (Å²) in [7, 11) is 1.57. The molecule has 30 heavy (non-hydrogen) atoms. The van der Waals surface area contributed by atoms with Gasteiger partial charge in [0, 0.05) is 28.7 Å². The van der Waals surface area contributed by atoms with E-state index in [9.17, 15) is 19.5 Å². The van der Waals surface area contributed by atoms with Crippen molar-refractivity contribution < 1.29 is 29.0 Å². The molecular formula is C22H24NO6S-. The number of nitrogens with one attached hydrogen (secondary N) is 1. The van der Waals surface area contributed by atoms with E-state index in [2.05, 4.69) is 5.32 Å². The van der Waals surface area contributed by atoms with Gasteiger partial charge in [0.25, 0.3) is 0 Å². The zero-order chi connectivity index (χ0) is 21.7. The number of carboxylic acid groups (broad SMARTS) is 1. The lowest BCUT2D eigenvalue weighted by Gasteiger charge is -2.31. The van der Waals surface area contributed by atoms with Gasteiger partial charge in [-0.1, -0.05) is 25.0 Å². The molecule has 0 saturated heterocycles. The van der Waals surface area contributed by atoms with Crippen molar-refractivity contribution in [1.82, 2.24) is 0 Å². The molecule has 2 aromatic rings. The van der Waals surface area contributed by atoms with Crippen LogP contribution in [0.1, 0.15) is 43.0 Å². The van der Waals surface area contributed by atoms with Gasteiger partial charge in [-0.05, 0) is 37.5 Å². The molecule has 1 saturated carbocycles. The predicted octanol–water partition coefficient (Wildman–Crippen LogP) is 3.10. The van der Waals surface area contributed by atoms with Gasteiger partial charge in [-0.3, -0.25) is 4.79 Å². The van der Waals surface area contributed by atoms with Crippen LogP contribution in [0.3, 0.4) is 0 Å². The first-order valence-corrected chi connectivity index (χ1v) is 10.8. The zero-order valence-corrected chi connectivity index (χ0v) is 17.8. The second-order valence-electron chi connectivity index (χ2n) is 7.11. The van der Waals surface area contributed by atoms with Crippen LogP contribution in [0.15, 0.2) is 29.6 Å². The number of benzene rings is 1. The Morgan fingerprint density at radius 3 is 2.40 bits per heavy atom. The number of methoxy groups -OCH3 is 1. The van der Waals surface area contributed by atoms with E-state index < -0.39 is 29.7 Å². The van der Waals surface area contributed by atoms with Crippen molar-refractivity contribution in [2.45, 2.75) is 32.6 Å². The molecule has 2 atom stereocenters. The Labute approximate surface area is 179 Å². The molecule has 1 aromatic carbocycles. The third-order valence-corrected chi connectivity index (χ3v) is 6.21. The third kappa shape index (κ3) is 4.64. The van der Waals surface area contributed by atoms with E-state index in [-0.39, 0.29) is 12.2 Å². The predicted molar refractivity (Wildman–Crippen MR) is 111 cm³/mol. The maximum absolute atomic E-state index is 12.9. The molecule has 1 heterocycles. The van der Waals surface area contributed by atoms with Gasteiger partial charge in [0.15, 0.2) is 0 Å². The topological polar surface area (TPSA) is 105 Å². The fraction of sp³-hybridized carbons (Fsp3) is 0.409. The molecule has 0 aliphatic heterocycles. The molecule has 160 valence electrons. The SMILES string of the molecule is CCOC(=O)c1c(-c2ccc(OC)cc2)csc1NC(=O)[C@H]1CCCC[C@H]1C(=O)[O-]. The summed E-state index contributed by atoms with van der Waals surface area (Å²) in [5, 5.41) is 16.4. The summed E-state index contributed by atoms with van der Waals surface area (Å²) in [4.78, 5) is 37.0. The van der Waals surface area contributed by atoms with Crippen LogP contribution in [-0.2, 0) is 14.3 Å². The van der Waals surface area contributed by atoms with Crippen molar-refractivity contribution in [2.75, 3.05) is 19.0 Å². The summed E-state index contributed by atoms with van der Waals surface area (Å²) >= 11 is 1.21. The van der Waals surface area contributed by atoms with E-state index in [1.54, 1.807) is 31.5 Å². The summed E-state index contributed by atoms with van der Waals surface area (Å²) in [6.45, 7) is 1.90. The molecule has 0 spiro atoms. The van der Waals surface area contributed by atoms with Crippen molar-refractivity contribution in [1.29, 1.82) is 0 Å². The highest BCUT2D eigenvalue weighted by molar-refractivity contribution is 7.15. The summed E-state index contributed by atoms with van der Waals surface area (Å²) in [6.07, 6.45) is 2.45. The minimum atomic E-state index is -1.20. The molecule has 1 amide bonds. The average molecular weight is 431 g/mol. The number of rotatable bonds is 7. The number of esters is 1. The Morgan fingerprint density at radius 1 is 1.13 bits per heavy atom. The molecule has 1 N–H and O–H groups in total. The number of amides is 1. The van der Waals surface area contributed by atoms with Crippen molar-refractivity contribution >= 4 is 34.2 Å². The molecular weight excluding hydrogens is 406 g/mol. The lowest BCUT2D eigenvalue weighted by atomic mass is 9.79. The highest BCUT2D eigenvalue weighted by Gasteiger charge is 2.33. The van der Waals surface area contributed by atoms with Crippen molar-refractivity contribution in [3.05, 3.63) is 35.2 Å². The van der Waals surface area contributed by atoms with E-state index in [0.29, 0.717) is 29.2 Å². The number of ether oxygens (including phenoxy) is 2. The molecule has 8 heteroatoms. The van der Waals surface area contributed by atoms with Gasteiger partial charge in [-0.25, -0.2) is 4.79 Å². The number of hydrogen-bond acceptors (Lipinski definition) is 7. The van der Waals surface area contributed by atoms with Gasteiger partial charge in [0.2, 0.25) is 5.91 Å². The molecule has 0 radical (unpaired) electrons. The second-order valence-corrected chi connectivity index (χ2v) is 7.99. The number of carbonyl (C=O) groups is 3. The zero-order valence-electron chi connectivity index (χ0n) is 16.9. The maximum Gasteiger partial charge on any atom is 0.341 e. The second kappa shape index (κ2) is 9.75. The molecule has 7 nitrogen and oxygen atoms in total. The fourth-order valence-electron chi connectivity index (χ4n) is 3.77. The van der Waals surface area contributed by atoms with Gasteiger partial charge in [-0.2, -0.15) is 0 Å². The standard InChI is InChI=1S/C22H25NO6S/c1-3-29-22(27)18-17(13-8-10-14(28-2)11-9-13)12-30-20(18)23-19(24)15-6-4-5-7-16(15)21(25)26/h8-12,15-16H,3-7H2,1-2H3,(H,23,24)(H,25,26)/p-1/t15-,16+/m0/s1. The first kappa shape index (κ1) is 21.8. The Kier molecular flexibility index (Phi) is 7.10. The van der Waals surface area contributed by atoms with Crippen LogP contribution in [0.4, 0.5) is 5.00 Å². The van der Waals surface area contributed by atoms with E-state index in [4.69, 9.17) is 9.47 Å². The van der Waals surface area contributed by atoms with E-state index in [1.165, 1.54) is 11.3 Å². The quantitative estimate of drug-likeness (QED) is 0.677. The largest absolute Gasteiger partial charge is 0.550 e. The van der Waals surface area contributed by atoms with E-state index in [1.807, 2.05) is 12.1 Å². The molecule has 1 fully saturated rings. The summed E-state index contributed by atoms with van der Waals surface area (Å²) in [6, 6.07) is 7.21. The molecule has 1 aliphatic rings. The van der Waals surface area contributed by atoms with Crippen LogP contribution in [-0.4, -0.2) is 31.6 Å².